The molecule has 0 bridgehead atoms. The summed E-state index contributed by atoms with van der Waals surface area (Å²) in [5.74, 6) is -1.17. The van der Waals surface area contributed by atoms with E-state index < -0.39 is 24.6 Å². The van der Waals surface area contributed by atoms with Gasteiger partial charge >= 0.3 is 12.1 Å². The summed E-state index contributed by atoms with van der Waals surface area (Å²) in [7, 11) is 0. The molecule has 0 spiro atoms. The fraction of sp³-hybridized carbons (Fsp3) is 0.909. The number of hydrogen-bond donors (Lipinski definition) is 2. The second-order valence-electron chi connectivity index (χ2n) is 2.81. The van der Waals surface area contributed by atoms with Gasteiger partial charge in [-0.05, 0) is 12.8 Å². The molecule has 3 N–H and O–H groups in total. The summed E-state index contributed by atoms with van der Waals surface area (Å²) < 4.78 is 34.8. The van der Waals surface area contributed by atoms with E-state index in [1.165, 1.54) is 0 Å². The van der Waals surface area contributed by atoms with Crippen LogP contribution in [0.5, 0.6) is 0 Å². The maximum absolute atomic E-state index is 11.6. The number of unbranched alkanes of at least 4 members (excludes halogenated alkanes) is 1. The van der Waals surface area contributed by atoms with Crippen molar-refractivity contribution >= 4 is 5.97 Å². The molecule has 0 fully saturated rings. The molecule has 0 aliphatic heterocycles. The van der Waals surface area contributed by atoms with Gasteiger partial charge in [-0.25, -0.2) is 0 Å². The van der Waals surface area contributed by atoms with E-state index in [4.69, 9.17) is 10.8 Å². The minimum atomic E-state index is -4.16. The van der Waals surface area contributed by atoms with Crippen molar-refractivity contribution in [3.63, 3.8) is 0 Å². The van der Waals surface area contributed by atoms with Crippen LogP contribution in [0, 0.1) is 0 Å². The van der Waals surface area contributed by atoms with Gasteiger partial charge in [0.1, 0.15) is 6.04 Å². The van der Waals surface area contributed by atoms with E-state index in [0.29, 0.717) is 0 Å². The second-order valence-corrected chi connectivity index (χ2v) is 2.81. The fourth-order valence-corrected chi connectivity index (χ4v) is 0.813. The van der Waals surface area contributed by atoms with E-state index in [2.05, 4.69) is 0 Å². The lowest BCUT2D eigenvalue weighted by Crippen LogP contribution is -2.29. The van der Waals surface area contributed by atoms with Crippen LogP contribution in [0.4, 0.5) is 13.2 Å². The Morgan fingerprint density at radius 1 is 1.18 bits per heavy atom. The van der Waals surface area contributed by atoms with E-state index in [-0.39, 0.29) is 19.3 Å². The van der Waals surface area contributed by atoms with Gasteiger partial charge in [0.05, 0.1) is 0 Å². The SMILES string of the molecule is CC.CC.NC(CCCCC(F)(F)F)C(=O)O. The monoisotopic (exact) mass is 259 g/mol. The van der Waals surface area contributed by atoms with Crippen molar-refractivity contribution in [3.05, 3.63) is 0 Å². The summed E-state index contributed by atoms with van der Waals surface area (Å²) in [6.45, 7) is 8.00. The maximum Gasteiger partial charge on any atom is 0.389 e. The van der Waals surface area contributed by atoms with Gasteiger partial charge in [-0.3, -0.25) is 4.79 Å². The maximum atomic E-state index is 11.6. The number of carbonyl (C=O) groups is 1. The molecule has 0 aliphatic rings. The smallest absolute Gasteiger partial charge is 0.389 e. The highest BCUT2D eigenvalue weighted by atomic mass is 19.4. The molecule has 1 atom stereocenters. The van der Waals surface area contributed by atoms with Gasteiger partial charge in [-0.2, -0.15) is 13.2 Å². The normalized spacial score (nSPS) is 11.5. The number of hydrogen-bond acceptors (Lipinski definition) is 2. The first kappa shape index (κ1) is 21.5. The minimum absolute atomic E-state index is 0.0650. The summed E-state index contributed by atoms with van der Waals surface area (Å²) >= 11 is 0. The van der Waals surface area contributed by atoms with Crippen molar-refractivity contribution in [1.29, 1.82) is 0 Å². The van der Waals surface area contributed by atoms with Crippen molar-refractivity contribution < 1.29 is 23.1 Å². The quantitative estimate of drug-likeness (QED) is 0.742. The van der Waals surface area contributed by atoms with Crippen LogP contribution in [0.3, 0.4) is 0 Å². The zero-order chi connectivity index (χ0) is 14.5. The Kier molecular flexibility index (Phi) is 16.8. The Morgan fingerprint density at radius 3 is 1.88 bits per heavy atom. The highest BCUT2D eigenvalue weighted by Gasteiger charge is 2.26. The number of halogens is 3. The van der Waals surface area contributed by atoms with E-state index in [1.807, 2.05) is 27.7 Å². The van der Waals surface area contributed by atoms with Gasteiger partial charge in [-0.15, -0.1) is 0 Å². The molecule has 0 saturated carbocycles. The molecule has 0 aromatic carbocycles. The second kappa shape index (κ2) is 13.3. The summed E-state index contributed by atoms with van der Waals surface area (Å²) in [5.41, 5.74) is 5.09. The van der Waals surface area contributed by atoms with E-state index in [0.717, 1.165) is 0 Å². The number of nitrogens with two attached hydrogens (primary N) is 1. The van der Waals surface area contributed by atoms with E-state index >= 15 is 0 Å². The predicted octanol–water partition coefficient (Wildman–Crippen LogP) is 3.57. The molecule has 0 radical (unpaired) electrons. The van der Waals surface area contributed by atoms with Gasteiger partial charge in [0.2, 0.25) is 0 Å². The molecular weight excluding hydrogens is 235 g/mol. The number of aliphatic carboxylic acids is 1. The van der Waals surface area contributed by atoms with Gasteiger partial charge in [0.15, 0.2) is 0 Å². The van der Waals surface area contributed by atoms with Crippen LogP contribution in [0.15, 0.2) is 0 Å². The van der Waals surface area contributed by atoms with Crippen LogP contribution in [0.2, 0.25) is 0 Å². The predicted molar refractivity (Wildman–Crippen MR) is 62.8 cm³/mol. The van der Waals surface area contributed by atoms with Crippen LogP contribution in [0.25, 0.3) is 0 Å². The third-order valence-electron chi connectivity index (χ3n) is 1.54. The Bertz CT molecular complexity index is 173. The summed E-state index contributed by atoms with van der Waals surface area (Å²) in [6, 6.07) is -1.05. The van der Waals surface area contributed by atoms with E-state index in [1.54, 1.807) is 0 Å². The van der Waals surface area contributed by atoms with Crippen molar-refractivity contribution in [2.24, 2.45) is 5.73 Å². The molecule has 0 aliphatic carbocycles. The first-order valence-electron chi connectivity index (χ1n) is 5.88. The summed E-state index contributed by atoms with van der Waals surface area (Å²) in [6.07, 6.45) is -4.82. The topological polar surface area (TPSA) is 63.3 Å². The van der Waals surface area contributed by atoms with Gasteiger partial charge in [-0.1, -0.05) is 34.1 Å². The molecular formula is C11H24F3NO2. The summed E-state index contributed by atoms with van der Waals surface area (Å²) in [5, 5.41) is 8.29. The molecule has 0 heterocycles. The molecule has 6 heteroatoms. The van der Waals surface area contributed by atoms with Gasteiger partial charge < -0.3 is 10.8 Å². The third kappa shape index (κ3) is 21.1. The zero-order valence-electron chi connectivity index (χ0n) is 11.0. The Hall–Kier alpha value is -0.780. The molecule has 106 valence electrons. The lowest BCUT2D eigenvalue weighted by Gasteiger charge is -2.07. The molecule has 0 amide bonds. The number of carboxylic acids is 1. The van der Waals surface area contributed by atoms with Crippen LogP contribution < -0.4 is 5.73 Å². The average Bonchev–Trinajstić information content (AvgIpc) is 2.28. The van der Waals surface area contributed by atoms with Crippen molar-refractivity contribution in [1.82, 2.24) is 0 Å². The molecule has 1 unspecified atom stereocenters. The fourth-order valence-electron chi connectivity index (χ4n) is 0.813. The van der Waals surface area contributed by atoms with E-state index in [9.17, 15) is 18.0 Å². The highest BCUT2D eigenvalue weighted by molar-refractivity contribution is 5.72. The molecule has 3 nitrogen and oxygen atoms in total. The minimum Gasteiger partial charge on any atom is -0.480 e. The lowest BCUT2D eigenvalue weighted by atomic mass is 10.1. The Morgan fingerprint density at radius 2 is 1.59 bits per heavy atom. The van der Waals surface area contributed by atoms with Crippen LogP contribution in [-0.4, -0.2) is 23.3 Å². The van der Waals surface area contributed by atoms with Crippen LogP contribution in [0.1, 0.15) is 53.4 Å². The average molecular weight is 259 g/mol. The molecule has 0 rings (SSSR count). The van der Waals surface area contributed by atoms with Crippen molar-refractivity contribution in [3.8, 4) is 0 Å². The lowest BCUT2D eigenvalue weighted by molar-refractivity contribution is -0.138. The highest BCUT2D eigenvalue weighted by Crippen LogP contribution is 2.22. The standard InChI is InChI=1S/C7H12F3NO2.2C2H6/c8-7(9,10)4-2-1-3-5(11)6(12)13;2*1-2/h5H,1-4,11H2,(H,12,13);2*1-2H3. The van der Waals surface area contributed by atoms with Crippen molar-refractivity contribution in [2.75, 3.05) is 0 Å². The zero-order valence-corrected chi connectivity index (χ0v) is 11.0. The number of carboxylic acid groups (broad SMARTS) is 1. The third-order valence-corrected chi connectivity index (χ3v) is 1.54. The molecule has 0 saturated heterocycles. The molecule has 17 heavy (non-hydrogen) atoms. The van der Waals surface area contributed by atoms with Gasteiger partial charge in [0, 0.05) is 6.42 Å². The largest absolute Gasteiger partial charge is 0.480 e. The number of rotatable bonds is 5. The number of alkyl halides is 3. The van der Waals surface area contributed by atoms with Crippen molar-refractivity contribution in [2.45, 2.75) is 65.6 Å². The molecule has 0 aromatic rings. The van der Waals surface area contributed by atoms with Crippen LogP contribution >= 0.6 is 0 Å². The first-order chi connectivity index (χ1) is 7.83. The van der Waals surface area contributed by atoms with Gasteiger partial charge in [0.25, 0.3) is 0 Å². The Balaban J connectivity index is -0.000000439. The molecule has 0 aromatic heterocycles. The van der Waals surface area contributed by atoms with Crippen LogP contribution in [-0.2, 0) is 4.79 Å². The summed E-state index contributed by atoms with van der Waals surface area (Å²) in [4.78, 5) is 10.1. The Labute approximate surface area is 101 Å². The first-order valence-corrected chi connectivity index (χ1v) is 5.88.